The molecule has 0 amide bonds. The fourth-order valence-corrected chi connectivity index (χ4v) is 0.892. The Morgan fingerprint density at radius 1 is 1.38 bits per heavy atom. The maximum Gasteiger partial charge on any atom is 0.515 e. The quantitative estimate of drug-likeness (QED) is 0.767. The van der Waals surface area contributed by atoms with Crippen LogP contribution in [0.3, 0.4) is 0 Å². The van der Waals surface area contributed by atoms with Crippen LogP contribution in [0.5, 0.6) is 11.6 Å². The van der Waals surface area contributed by atoms with Gasteiger partial charge in [-0.3, -0.25) is 0 Å². The van der Waals surface area contributed by atoms with Gasteiger partial charge in [-0.2, -0.15) is 0 Å². The monoisotopic (exact) mass is 227 g/mol. The third-order valence-corrected chi connectivity index (χ3v) is 1.63. The minimum absolute atomic E-state index is 0.0327. The molecule has 0 aliphatic heterocycles. The molecule has 7 nitrogen and oxygen atoms in total. The van der Waals surface area contributed by atoms with Gasteiger partial charge in [0.2, 0.25) is 0 Å². The molecule has 0 aromatic carbocycles. The number of aromatic carboxylic acids is 1. The number of carbonyl (C=O) groups is 2. The lowest BCUT2D eigenvalue weighted by Gasteiger charge is -2.07. The molecule has 0 radical (unpaired) electrons. The number of rotatable bonds is 3. The molecule has 16 heavy (non-hydrogen) atoms. The number of hydrogen-bond donors (Lipinski definition) is 1. The summed E-state index contributed by atoms with van der Waals surface area (Å²) in [6, 6.07) is 1.19. The maximum atomic E-state index is 10.8. The molecule has 1 aromatic heterocycles. The third-order valence-electron chi connectivity index (χ3n) is 1.63. The first-order chi connectivity index (χ1) is 7.58. The molecule has 86 valence electrons. The minimum Gasteiger partial charge on any atom is -0.491 e. The van der Waals surface area contributed by atoms with Gasteiger partial charge in [-0.25, -0.2) is 14.6 Å². The average Bonchev–Trinajstić information content (AvgIpc) is 2.29. The van der Waals surface area contributed by atoms with Crippen LogP contribution >= 0.6 is 0 Å². The third kappa shape index (κ3) is 2.59. The van der Waals surface area contributed by atoms with Gasteiger partial charge in [0.05, 0.1) is 19.8 Å². The van der Waals surface area contributed by atoms with E-state index < -0.39 is 12.1 Å². The van der Waals surface area contributed by atoms with E-state index in [1.165, 1.54) is 13.2 Å². The van der Waals surface area contributed by atoms with E-state index in [1.54, 1.807) is 0 Å². The molecule has 0 saturated carbocycles. The van der Waals surface area contributed by atoms with Crippen LogP contribution in [0.15, 0.2) is 12.3 Å². The summed E-state index contributed by atoms with van der Waals surface area (Å²) in [5.74, 6) is -1.28. The van der Waals surface area contributed by atoms with Crippen molar-refractivity contribution in [1.29, 1.82) is 0 Å². The van der Waals surface area contributed by atoms with E-state index in [4.69, 9.17) is 9.84 Å². The van der Waals surface area contributed by atoms with Crippen molar-refractivity contribution in [3.63, 3.8) is 0 Å². The van der Waals surface area contributed by atoms with Crippen molar-refractivity contribution in [2.24, 2.45) is 0 Å². The fraction of sp³-hybridized carbons (Fsp3) is 0.222. The summed E-state index contributed by atoms with van der Waals surface area (Å²) in [5, 5.41) is 8.70. The normalized spacial score (nSPS) is 9.38. The standard InChI is InChI=1S/C9H9NO6/c1-14-6-3-5(8(11)12)4-10-7(6)16-9(13)15-2/h3-4H,1-2H3,(H,11,12). The van der Waals surface area contributed by atoms with E-state index in [9.17, 15) is 9.59 Å². The molecule has 1 aromatic rings. The van der Waals surface area contributed by atoms with E-state index in [-0.39, 0.29) is 17.2 Å². The van der Waals surface area contributed by atoms with Gasteiger partial charge in [-0.15, -0.1) is 0 Å². The molecule has 0 unspecified atom stereocenters. The number of methoxy groups -OCH3 is 2. The van der Waals surface area contributed by atoms with Gasteiger partial charge >= 0.3 is 12.1 Å². The van der Waals surface area contributed by atoms with Gasteiger partial charge in [0.15, 0.2) is 5.75 Å². The van der Waals surface area contributed by atoms with Crippen molar-refractivity contribution in [2.75, 3.05) is 14.2 Å². The Bertz CT molecular complexity index is 416. The van der Waals surface area contributed by atoms with Crippen LogP contribution in [0.25, 0.3) is 0 Å². The Labute approximate surface area is 90.6 Å². The molecule has 1 heterocycles. The Morgan fingerprint density at radius 3 is 2.56 bits per heavy atom. The van der Waals surface area contributed by atoms with E-state index >= 15 is 0 Å². The average molecular weight is 227 g/mol. The molecule has 0 atom stereocenters. The first-order valence-electron chi connectivity index (χ1n) is 4.11. The zero-order valence-electron chi connectivity index (χ0n) is 8.59. The first kappa shape index (κ1) is 11.8. The number of carboxylic acid groups (broad SMARTS) is 1. The van der Waals surface area contributed by atoms with E-state index in [0.717, 1.165) is 13.3 Å². The number of carbonyl (C=O) groups excluding carboxylic acids is 1. The van der Waals surface area contributed by atoms with Crippen LogP contribution in [0, 0.1) is 0 Å². The van der Waals surface area contributed by atoms with Crippen LogP contribution in [0.1, 0.15) is 10.4 Å². The second-order valence-electron chi connectivity index (χ2n) is 2.59. The Kier molecular flexibility index (Phi) is 3.65. The Morgan fingerprint density at radius 2 is 2.06 bits per heavy atom. The minimum atomic E-state index is -1.16. The van der Waals surface area contributed by atoms with E-state index in [0.29, 0.717) is 0 Å². The molecule has 0 aliphatic carbocycles. The number of nitrogens with zero attached hydrogens (tertiary/aromatic N) is 1. The van der Waals surface area contributed by atoms with Crippen molar-refractivity contribution in [3.8, 4) is 11.6 Å². The lowest BCUT2D eigenvalue weighted by Crippen LogP contribution is -2.10. The molecule has 1 N–H and O–H groups in total. The zero-order valence-corrected chi connectivity index (χ0v) is 8.59. The molecule has 0 spiro atoms. The van der Waals surface area contributed by atoms with Gasteiger partial charge in [0, 0.05) is 12.3 Å². The summed E-state index contributed by atoms with van der Waals surface area (Å²) in [7, 11) is 2.44. The Balaban J connectivity index is 3.02. The summed E-state index contributed by atoms with van der Waals surface area (Å²) in [6.45, 7) is 0. The van der Waals surface area contributed by atoms with Gasteiger partial charge < -0.3 is 19.3 Å². The van der Waals surface area contributed by atoms with Crippen molar-refractivity contribution in [1.82, 2.24) is 4.98 Å². The highest BCUT2D eigenvalue weighted by molar-refractivity contribution is 5.88. The number of hydrogen-bond acceptors (Lipinski definition) is 6. The van der Waals surface area contributed by atoms with Crippen molar-refractivity contribution >= 4 is 12.1 Å². The second kappa shape index (κ2) is 4.96. The predicted octanol–water partition coefficient (Wildman–Crippen LogP) is 0.934. The van der Waals surface area contributed by atoms with Crippen molar-refractivity contribution in [2.45, 2.75) is 0 Å². The first-order valence-corrected chi connectivity index (χ1v) is 4.11. The smallest absolute Gasteiger partial charge is 0.491 e. The predicted molar refractivity (Wildman–Crippen MR) is 50.8 cm³/mol. The molecule has 0 aliphatic rings. The molecule has 0 saturated heterocycles. The van der Waals surface area contributed by atoms with Crippen molar-refractivity contribution < 1.29 is 28.9 Å². The molecule has 0 bridgehead atoms. The zero-order chi connectivity index (χ0) is 12.1. The lowest BCUT2D eigenvalue weighted by atomic mass is 10.3. The largest absolute Gasteiger partial charge is 0.515 e. The molecular weight excluding hydrogens is 218 g/mol. The summed E-state index contributed by atoms with van der Waals surface area (Å²) in [4.78, 5) is 25.1. The Hall–Kier alpha value is -2.31. The molecular formula is C9H9NO6. The highest BCUT2D eigenvalue weighted by Gasteiger charge is 2.14. The maximum absolute atomic E-state index is 10.8. The fourth-order valence-electron chi connectivity index (χ4n) is 0.892. The van der Waals surface area contributed by atoms with Gasteiger partial charge in [0.1, 0.15) is 0 Å². The highest BCUT2D eigenvalue weighted by atomic mass is 16.7. The van der Waals surface area contributed by atoms with E-state index in [1.807, 2.05) is 0 Å². The van der Waals surface area contributed by atoms with Crippen LogP contribution in [0.2, 0.25) is 0 Å². The summed E-state index contributed by atoms with van der Waals surface area (Å²) >= 11 is 0. The van der Waals surface area contributed by atoms with Gasteiger partial charge in [-0.05, 0) is 0 Å². The van der Waals surface area contributed by atoms with Crippen LogP contribution in [0.4, 0.5) is 4.79 Å². The van der Waals surface area contributed by atoms with Gasteiger partial charge in [0.25, 0.3) is 5.88 Å². The topological polar surface area (TPSA) is 95.0 Å². The lowest BCUT2D eigenvalue weighted by molar-refractivity contribution is 0.0696. The van der Waals surface area contributed by atoms with Crippen LogP contribution in [-0.2, 0) is 4.74 Å². The van der Waals surface area contributed by atoms with Gasteiger partial charge in [-0.1, -0.05) is 0 Å². The van der Waals surface area contributed by atoms with E-state index in [2.05, 4.69) is 14.5 Å². The summed E-state index contributed by atoms with van der Waals surface area (Å²) in [5.41, 5.74) is -0.0749. The number of carboxylic acids is 1. The molecule has 1 rings (SSSR count). The number of pyridine rings is 1. The highest BCUT2D eigenvalue weighted by Crippen LogP contribution is 2.25. The van der Waals surface area contributed by atoms with Crippen LogP contribution < -0.4 is 9.47 Å². The van der Waals surface area contributed by atoms with Crippen molar-refractivity contribution in [3.05, 3.63) is 17.8 Å². The number of ether oxygens (including phenoxy) is 3. The SMILES string of the molecule is COC(=O)Oc1ncc(C(=O)O)cc1OC. The number of aromatic nitrogens is 1. The summed E-state index contributed by atoms with van der Waals surface area (Å²) in [6.07, 6.45) is 0.0808. The second-order valence-corrected chi connectivity index (χ2v) is 2.59. The summed E-state index contributed by atoms with van der Waals surface area (Å²) < 4.78 is 13.7. The van der Waals surface area contributed by atoms with Crippen LogP contribution in [-0.4, -0.2) is 36.4 Å². The molecule has 7 heteroatoms. The molecule has 0 fully saturated rings.